The Morgan fingerprint density at radius 1 is 1.11 bits per heavy atom. The number of nitrogens with zero attached hydrogens (tertiary/aromatic N) is 3. The van der Waals surface area contributed by atoms with Crippen molar-refractivity contribution < 1.29 is 4.79 Å². The topological polar surface area (TPSA) is 85.3 Å². The summed E-state index contributed by atoms with van der Waals surface area (Å²) in [5, 5.41) is 4.94. The van der Waals surface area contributed by atoms with Crippen LogP contribution in [0, 0.1) is 0 Å². The SMILES string of the molecule is CC.CC.CC(=O)N/N=C(\N)c1ccc(Cn2ccc3cnccc32)cc1. The van der Waals surface area contributed by atoms with Gasteiger partial charge in [0.15, 0.2) is 5.84 Å². The second-order valence-electron chi connectivity index (χ2n) is 5.24. The van der Waals surface area contributed by atoms with Crippen molar-refractivity contribution >= 4 is 22.6 Å². The Labute approximate surface area is 161 Å². The molecule has 0 fully saturated rings. The van der Waals surface area contributed by atoms with Gasteiger partial charge in [-0.1, -0.05) is 52.0 Å². The summed E-state index contributed by atoms with van der Waals surface area (Å²) in [5.74, 6) is 0.0304. The van der Waals surface area contributed by atoms with Gasteiger partial charge in [0, 0.05) is 43.0 Å². The third-order valence-corrected chi connectivity index (χ3v) is 3.51. The molecule has 6 nitrogen and oxygen atoms in total. The zero-order valence-corrected chi connectivity index (χ0v) is 16.7. The van der Waals surface area contributed by atoms with E-state index in [2.05, 4.69) is 26.1 Å². The molecule has 0 saturated carbocycles. The molecule has 3 rings (SSSR count). The van der Waals surface area contributed by atoms with Gasteiger partial charge in [-0.25, -0.2) is 5.43 Å². The average molecular weight is 367 g/mol. The lowest BCUT2D eigenvalue weighted by Crippen LogP contribution is -2.21. The third-order valence-electron chi connectivity index (χ3n) is 3.51. The smallest absolute Gasteiger partial charge is 0.237 e. The highest BCUT2D eigenvalue weighted by Crippen LogP contribution is 2.16. The second kappa shape index (κ2) is 11.5. The van der Waals surface area contributed by atoms with E-state index in [1.165, 1.54) is 6.92 Å². The molecule has 6 heteroatoms. The largest absolute Gasteiger partial charge is 0.382 e. The number of rotatable bonds is 4. The molecule has 2 aromatic heterocycles. The van der Waals surface area contributed by atoms with Crippen LogP contribution < -0.4 is 11.2 Å². The Morgan fingerprint density at radius 3 is 2.41 bits per heavy atom. The minimum absolute atomic E-state index is 0.251. The van der Waals surface area contributed by atoms with Crippen LogP contribution in [0.15, 0.2) is 60.1 Å². The molecule has 3 aromatic rings. The summed E-state index contributed by atoms with van der Waals surface area (Å²) in [6, 6.07) is 11.8. The van der Waals surface area contributed by atoms with E-state index in [0.717, 1.165) is 28.6 Å². The molecule has 0 aliphatic carbocycles. The normalized spacial score (nSPS) is 10.3. The summed E-state index contributed by atoms with van der Waals surface area (Å²) < 4.78 is 2.17. The molecule has 0 aliphatic rings. The van der Waals surface area contributed by atoms with E-state index in [-0.39, 0.29) is 11.7 Å². The maximum atomic E-state index is 10.8. The van der Waals surface area contributed by atoms with Gasteiger partial charge < -0.3 is 10.3 Å². The lowest BCUT2D eigenvalue weighted by molar-refractivity contribution is -0.118. The molecule has 0 bridgehead atoms. The van der Waals surface area contributed by atoms with E-state index in [1.807, 2.05) is 70.4 Å². The number of nitrogens with two attached hydrogens (primary N) is 1. The van der Waals surface area contributed by atoms with Crippen molar-refractivity contribution in [3.8, 4) is 0 Å². The molecule has 0 atom stereocenters. The van der Waals surface area contributed by atoms with Gasteiger partial charge in [-0.3, -0.25) is 9.78 Å². The zero-order valence-electron chi connectivity index (χ0n) is 16.7. The van der Waals surface area contributed by atoms with E-state index in [0.29, 0.717) is 0 Å². The van der Waals surface area contributed by atoms with Gasteiger partial charge in [0.05, 0.1) is 5.52 Å². The monoisotopic (exact) mass is 367 g/mol. The fourth-order valence-corrected chi connectivity index (χ4v) is 2.36. The van der Waals surface area contributed by atoms with Gasteiger partial charge in [-0.05, 0) is 17.7 Å². The molecule has 3 N–H and O–H groups in total. The van der Waals surface area contributed by atoms with Crippen LogP contribution in [0.2, 0.25) is 0 Å². The van der Waals surface area contributed by atoms with Crippen molar-refractivity contribution in [2.45, 2.75) is 41.2 Å². The number of amides is 1. The molecular formula is C21H29N5O. The van der Waals surface area contributed by atoms with Crippen molar-refractivity contribution in [1.29, 1.82) is 0 Å². The highest BCUT2D eigenvalue weighted by atomic mass is 16.2. The Kier molecular flexibility index (Phi) is 9.29. The van der Waals surface area contributed by atoms with Gasteiger partial charge in [-0.2, -0.15) is 5.10 Å². The van der Waals surface area contributed by atoms with Crippen LogP contribution in [0.5, 0.6) is 0 Å². The number of aromatic nitrogens is 2. The van der Waals surface area contributed by atoms with Crippen LogP contribution in [-0.2, 0) is 11.3 Å². The second-order valence-corrected chi connectivity index (χ2v) is 5.24. The maximum absolute atomic E-state index is 10.8. The molecule has 1 aromatic carbocycles. The van der Waals surface area contributed by atoms with E-state index in [4.69, 9.17) is 5.73 Å². The van der Waals surface area contributed by atoms with E-state index >= 15 is 0 Å². The lowest BCUT2D eigenvalue weighted by atomic mass is 10.1. The Bertz CT molecular complexity index is 866. The van der Waals surface area contributed by atoms with E-state index in [1.54, 1.807) is 6.20 Å². The van der Waals surface area contributed by atoms with Crippen molar-refractivity contribution in [2.24, 2.45) is 10.8 Å². The first-order valence-corrected chi connectivity index (χ1v) is 9.21. The zero-order chi connectivity index (χ0) is 20.2. The molecule has 0 unspecified atom stereocenters. The van der Waals surface area contributed by atoms with E-state index in [9.17, 15) is 4.79 Å². The molecule has 144 valence electrons. The molecular weight excluding hydrogens is 338 g/mol. The number of carbonyl (C=O) groups excluding carboxylic acids is 1. The summed E-state index contributed by atoms with van der Waals surface area (Å²) in [6.45, 7) is 10.1. The van der Waals surface area contributed by atoms with Crippen molar-refractivity contribution in [2.75, 3.05) is 0 Å². The van der Waals surface area contributed by atoms with Crippen molar-refractivity contribution in [1.82, 2.24) is 15.0 Å². The molecule has 0 saturated heterocycles. The number of carbonyl (C=O) groups is 1. The number of hydrazone groups is 1. The Hall–Kier alpha value is -3.15. The Balaban J connectivity index is 0.000000855. The minimum atomic E-state index is -0.251. The minimum Gasteiger partial charge on any atom is -0.382 e. The van der Waals surface area contributed by atoms with Crippen molar-refractivity contribution in [3.63, 3.8) is 0 Å². The van der Waals surface area contributed by atoms with Crippen LogP contribution >= 0.6 is 0 Å². The summed E-state index contributed by atoms with van der Waals surface area (Å²) in [7, 11) is 0. The predicted molar refractivity (Wildman–Crippen MR) is 113 cm³/mol. The maximum Gasteiger partial charge on any atom is 0.237 e. The summed E-state index contributed by atoms with van der Waals surface area (Å²) in [4.78, 5) is 15.0. The van der Waals surface area contributed by atoms with Gasteiger partial charge in [0.25, 0.3) is 0 Å². The standard InChI is InChI=1S/C17H17N5O.2C2H6/c1-12(23)20-21-17(18)14-4-2-13(3-5-14)11-22-9-7-15-10-19-8-6-16(15)22;2*1-2/h2-10H,11H2,1H3,(H2,18,21)(H,20,23);2*1-2H3. The fourth-order valence-electron chi connectivity index (χ4n) is 2.36. The molecule has 0 spiro atoms. The fraction of sp³-hybridized carbons (Fsp3) is 0.286. The molecule has 0 aliphatic heterocycles. The van der Waals surface area contributed by atoms with Gasteiger partial charge in [0.1, 0.15) is 0 Å². The number of hydrogen-bond acceptors (Lipinski definition) is 3. The highest BCUT2D eigenvalue weighted by Gasteiger charge is 2.03. The number of nitrogens with one attached hydrogen (secondary N) is 1. The number of fused-ring (bicyclic) bond motifs is 1. The van der Waals surface area contributed by atoms with Crippen LogP contribution in [0.3, 0.4) is 0 Å². The molecule has 0 radical (unpaired) electrons. The summed E-state index contributed by atoms with van der Waals surface area (Å²) in [6.07, 6.45) is 5.70. The summed E-state index contributed by atoms with van der Waals surface area (Å²) in [5.41, 5.74) is 11.2. The predicted octanol–water partition coefficient (Wildman–Crippen LogP) is 3.89. The number of hydrogen-bond donors (Lipinski definition) is 2. The lowest BCUT2D eigenvalue weighted by Gasteiger charge is -2.07. The van der Waals surface area contributed by atoms with Crippen molar-refractivity contribution in [3.05, 3.63) is 66.1 Å². The first-order chi connectivity index (χ1) is 13.1. The number of pyridine rings is 1. The highest BCUT2D eigenvalue weighted by molar-refractivity contribution is 5.98. The molecule has 27 heavy (non-hydrogen) atoms. The first kappa shape index (κ1) is 21.9. The van der Waals surface area contributed by atoms with Crippen LogP contribution in [0.1, 0.15) is 45.7 Å². The van der Waals surface area contributed by atoms with Crippen LogP contribution in [0.25, 0.3) is 10.9 Å². The first-order valence-electron chi connectivity index (χ1n) is 9.21. The van der Waals surface area contributed by atoms with Crippen LogP contribution in [-0.4, -0.2) is 21.3 Å². The van der Waals surface area contributed by atoms with Gasteiger partial charge in [-0.15, -0.1) is 0 Å². The van der Waals surface area contributed by atoms with E-state index < -0.39 is 0 Å². The quantitative estimate of drug-likeness (QED) is 0.417. The Morgan fingerprint density at radius 2 is 1.78 bits per heavy atom. The average Bonchev–Trinajstić information content (AvgIpc) is 3.13. The molecule has 2 heterocycles. The van der Waals surface area contributed by atoms with Gasteiger partial charge in [0.2, 0.25) is 5.91 Å². The summed E-state index contributed by atoms with van der Waals surface area (Å²) >= 11 is 0. The molecule has 1 amide bonds. The number of benzene rings is 1. The van der Waals surface area contributed by atoms with Gasteiger partial charge >= 0.3 is 0 Å². The number of amidine groups is 1. The van der Waals surface area contributed by atoms with Crippen LogP contribution in [0.4, 0.5) is 0 Å². The third kappa shape index (κ3) is 6.26.